The smallest absolute Gasteiger partial charge is 0.216 e. The van der Waals surface area contributed by atoms with E-state index in [1.54, 1.807) is 4.68 Å². The third kappa shape index (κ3) is 3.41. The summed E-state index contributed by atoms with van der Waals surface area (Å²) in [5.41, 5.74) is 3.95. The second kappa shape index (κ2) is 6.48. The van der Waals surface area contributed by atoms with E-state index in [0.29, 0.717) is 15.6 Å². The summed E-state index contributed by atoms with van der Waals surface area (Å²) in [6, 6.07) is 15.6. The summed E-state index contributed by atoms with van der Waals surface area (Å²) in [7, 11) is 0. The van der Waals surface area contributed by atoms with Crippen molar-refractivity contribution in [3.05, 3.63) is 69.5 Å². The Balaban J connectivity index is 2.05. The molecule has 0 saturated heterocycles. The van der Waals surface area contributed by atoms with E-state index in [4.69, 9.17) is 23.8 Å². The Morgan fingerprint density at radius 1 is 1.13 bits per heavy atom. The van der Waals surface area contributed by atoms with Crippen LogP contribution in [0.15, 0.2) is 53.6 Å². The topological polar surface area (TPSA) is 46.0 Å². The van der Waals surface area contributed by atoms with Crippen LogP contribution in [0, 0.1) is 11.7 Å². The molecule has 0 unspecified atom stereocenters. The molecule has 0 bridgehead atoms. The lowest BCUT2D eigenvalue weighted by molar-refractivity contribution is 0.864. The van der Waals surface area contributed by atoms with Gasteiger partial charge in [0.1, 0.15) is 0 Å². The number of benzene rings is 2. The molecule has 0 fully saturated rings. The number of halogens is 1. The second-order valence-corrected chi connectivity index (χ2v) is 6.05. The zero-order valence-electron chi connectivity index (χ0n) is 12.7. The second-order valence-electron chi connectivity index (χ2n) is 5.22. The molecule has 4 nitrogen and oxygen atoms in total. The fourth-order valence-electron chi connectivity index (χ4n) is 2.17. The number of aromatic amines is 1. The van der Waals surface area contributed by atoms with Crippen molar-refractivity contribution in [2.45, 2.75) is 13.8 Å². The molecule has 116 valence electrons. The Labute approximate surface area is 144 Å². The summed E-state index contributed by atoms with van der Waals surface area (Å²) in [6.07, 6.45) is 0. The van der Waals surface area contributed by atoms with Crippen LogP contribution in [0.3, 0.4) is 0 Å². The number of nitrogens with zero attached hydrogens (tertiary/aromatic N) is 3. The molecule has 0 aliphatic rings. The minimum atomic E-state index is 0.453. The SMILES string of the molecule is C/C(=N/n1c(-c2ccc(C)cc2)n[nH]c1=S)c1ccc(Cl)cc1. The highest BCUT2D eigenvalue weighted by Gasteiger charge is 2.09. The number of rotatable bonds is 3. The van der Waals surface area contributed by atoms with Gasteiger partial charge in [0.15, 0.2) is 5.82 Å². The van der Waals surface area contributed by atoms with Crippen LogP contribution in [0.4, 0.5) is 0 Å². The van der Waals surface area contributed by atoms with Crippen LogP contribution in [0.2, 0.25) is 5.02 Å². The Kier molecular flexibility index (Phi) is 4.41. The average Bonchev–Trinajstić information content (AvgIpc) is 2.90. The van der Waals surface area contributed by atoms with E-state index >= 15 is 0 Å². The lowest BCUT2D eigenvalue weighted by Gasteiger charge is -2.05. The number of hydrogen-bond donors (Lipinski definition) is 1. The first kappa shape index (κ1) is 15.6. The molecule has 0 saturated carbocycles. The number of H-pyrrole nitrogens is 1. The van der Waals surface area contributed by atoms with Crippen LogP contribution in [0.25, 0.3) is 11.4 Å². The minimum Gasteiger partial charge on any atom is -0.250 e. The van der Waals surface area contributed by atoms with Crippen LogP contribution in [-0.4, -0.2) is 20.6 Å². The Bertz CT molecular complexity index is 905. The lowest BCUT2D eigenvalue weighted by atomic mass is 10.1. The van der Waals surface area contributed by atoms with E-state index in [2.05, 4.69) is 15.3 Å². The molecule has 23 heavy (non-hydrogen) atoms. The van der Waals surface area contributed by atoms with Gasteiger partial charge in [0.25, 0.3) is 0 Å². The summed E-state index contributed by atoms with van der Waals surface area (Å²) in [5.74, 6) is 0.684. The number of hydrogen-bond acceptors (Lipinski definition) is 3. The Morgan fingerprint density at radius 2 is 1.78 bits per heavy atom. The van der Waals surface area contributed by atoms with Crippen molar-refractivity contribution < 1.29 is 0 Å². The van der Waals surface area contributed by atoms with Gasteiger partial charge in [-0.05, 0) is 43.8 Å². The third-order valence-corrected chi connectivity index (χ3v) is 3.99. The molecule has 6 heteroatoms. The maximum Gasteiger partial charge on any atom is 0.216 e. The number of aromatic nitrogens is 3. The molecule has 0 aliphatic heterocycles. The Hall–Kier alpha value is -2.24. The van der Waals surface area contributed by atoms with Crippen molar-refractivity contribution in [3.8, 4) is 11.4 Å². The molecule has 0 radical (unpaired) electrons. The molecule has 2 aromatic carbocycles. The van der Waals surface area contributed by atoms with Gasteiger partial charge in [0.2, 0.25) is 4.77 Å². The van der Waals surface area contributed by atoms with Gasteiger partial charge in [-0.15, -0.1) is 0 Å². The predicted octanol–water partition coefficient (Wildman–Crippen LogP) is 4.84. The highest BCUT2D eigenvalue weighted by Crippen LogP contribution is 2.18. The molecule has 3 rings (SSSR count). The van der Waals surface area contributed by atoms with E-state index in [1.165, 1.54) is 5.56 Å². The summed E-state index contributed by atoms with van der Waals surface area (Å²) in [5, 5.41) is 12.4. The van der Waals surface area contributed by atoms with Gasteiger partial charge in [0, 0.05) is 10.6 Å². The molecule has 3 aromatic rings. The fraction of sp³-hybridized carbons (Fsp3) is 0.118. The quantitative estimate of drug-likeness (QED) is 0.546. The fourth-order valence-corrected chi connectivity index (χ4v) is 2.47. The summed E-state index contributed by atoms with van der Waals surface area (Å²) in [6.45, 7) is 3.97. The largest absolute Gasteiger partial charge is 0.250 e. The molecule has 1 heterocycles. The van der Waals surface area contributed by atoms with Crippen LogP contribution in [-0.2, 0) is 0 Å². The normalized spacial score (nSPS) is 11.7. The van der Waals surface area contributed by atoms with Gasteiger partial charge < -0.3 is 0 Å². The van der Waals surface area contributed by atoms with Crippen LogP contribution >= 0.6 is 23.8 Å². The zero-order valence-corrected chi connectivity index (χ0v) is 14.3. The lowest BCUT2D eigenvalue weighted by Crippen LogP contribution is -2.01. The van der Waals surface area contributed by atoms with Gasteiger partial charge in [-0.2, -0.15) is 14.9 Å². The van der Waals surface area contributed by atoms with Crippen molar-refractivity contribution >= 4 is 29.5 Å². The highest BCUT2D eigenvalue weighted by molar-refractivity contribution is 7.71. The van der Waals surface area contributed by atoms with Gasteiger partial charge in [-0.1, -0.05) is 53.6 Å². The number of nitrogens with one attached hydrogen (secondary N) is 1. The molecular weight excluding hydrogens is 328 g/mol. The molecule has 1 N–H and O–H groups in total. The predicted molar refractivity (Wildman–Crippen MR) is 96.6 cm³/mol. The van der Waals surface area contributed by atoms with Crippen LogP contribution < -0.4 is 0 Å². The first-order chi connectivity index (χ1) is 11.0. The van der Waals surface area contributed by atoms with E-state index < -0.39 is 0 Å². The molecule has 0 aliphatic carbocycles. The summed E-state index contributed by atoms with van der Waals surface area (Å²) >= 11 is 11.2. The minimum absolute atomic E-state index is 0.453. The van der Waals surface area contributed by atoms with Crippen molar-refractivity contribution in [1.29, 1.82) is 0 Å². The van der Waals surface area contributed by atoms with E-state index in [0.717, 1.165) is 16.8 Å². The molecule has 0 atom stereocenters. The zero-order chi connectivity index (χ0) is 16.4. The van der Waals surface area contributed by atoms with E-state index in [-0.39, 0.29) is 0 Å². The monoisotopic (exact) mass is 342 g/mol. The van der Waals surface area contributed by atoms with E-state index in [1.807, 2.05) is 62.4 Å². The average molecular weight is 343 g/mol. The van der Waals surface area contributed by atoms with Crippen molar-refractivity contribution in [1.82, 2.24) is 14.9 Å². The van der Waals surface area contributed by atoms with Gasteiger partial charge in [-0.25, -0.2) is 5.10 Å². The Morgan fingerprint density at radius 3 is 2.43 bits per heavy atom. The first-order valence-corrected chi connectivity index (χ1v) is 7.89. The highest BCUT2D eigenvalue weighted by atomic mass is 35.5. The third-order valence-electron chi connectivity index (χ3n) is 3.47. The molecular formula is C17H15ClN4S. The van der Waals surface area contributed by atoms with Crippen LogP contribution in [0.1, 0.15) is 18.1 Å². The van der Waals surface area contributed by atoms with Gasteiger partial charge in [-0.3, -0.25) is 0 Å². The molecule has 0 spiro atoms. The molecule has 1 aromatic heterocycles. The first-order valence-electron chi connectivity index (χ1n) is 7.10. The van der Waals surface area contributed by atoms with E-state index in [9.17, 15) is 0 Å². The van der Waals surface area contributed by atoms with Gasteiger partial charge in [0.05, 0.1) is 5.71 Å². The van der Waals surface area contributed by atoms with Crippen molar-refractivity contribution in [2.75, 3.05) is 0 Å². The standard InChI is InChI=1S/C17H15ClN4S/c1-11-3-5-14(6-4-11)16-19-20-17(23)22(16)21-12(2)13-7-9-15(18)10-8-13/h3-10H,1-2H3,(H,20,23)/b21-12-. The van der Waals surface area contributed by atoms with Gasteiger partial charge >= 0.3 is 0 Å². The van der Waals surface area contributed by atoms with Crippen LogP contribution in [0.5, 0.6) is 0 Å². The summed E-state index contributed by atoms with van der Waals surface area (Å²) < 4.78 is 2.10. The summed E-state index contributed by atoms with van der Waals surface area (Å²) in [4.78, 5) is 0. The maximum atomic E-state index is 5.93. The van der Waals surface area contributed by atoms with Crippen molar-refractivity contribution in [3.63, 3.8) is 0 Å². The molecule has 0 amide bonds. The number of aryl methyl sites for hydroxylation is 1. The van der Waals surface area contributed by atoms with Crippen molar-refractivity contribution in [2.24, 2.45) is 5.10 Å². The maximum absolute atomic E-state index is 5.93.